The van der Waals surface area contributed by atoms with Crippen LogP contribution < -0.4 is 0 Å². The van der Waals surface area contributed by atoms with Crippen molar-refractivity contribution in [3.05, 3.63) is 34.5 Å². The van der Waals surface area contributed by atoms with Gasteiger partial charge in [0.1, 0.15) is 0 Å². The van der Waals surface area contributed by atoms with Crippen molar-refractivity contribution >= 4 is 27.7 Å². The number of rotatable bonds is 2. The van der Waals surface area contributed by atoms with Crippen LogP contribution in [0.25, 0.3) is 10.1 Å². The summed E-state index contributed by atoms with van der Waals surface area (Å²) in [5.41, 5.74) is 0.141. The Morgan fingerprint density at radius 3 is 2.93 bits per heavy atom. The van der Waals surface area contributed by atoms with Crippen LogP contribution in [0.4, 0.5) is 4.39 Å². The SMILES string of the molecule is CCc1cc2ccc(C=O)c(F)c2s1. The molecule has 1 heterocycles. The van der Waals surface area contributed by atoms with Crippen molar-refractivity contribution in [3.8, 4) is 0 Å². The van der Waals surface area contributed by atoms with Gasteiger partial charge in [-0.25, -0.2) is 4.39 Å². The van der Waals surface area contributed by atoms with Crippen molar-refractivity contribution in [2.24, 2.45) is 0 Å². The largest absolute Gasteiger partial charge is 0.298 e. The number of fused-ring (bicyclic) bond motifs is 1. The molecule has 0 amide bonds. The maximum Gasteiger partial charge on any atom is 0.153 e. The van der Waals surface area contributed by atoms with E-state index < -0.39 is 0 Å². The predicted octanol–water partition coefficient (Wildman–Crippen LogP) is 3.42. The van der Waals surface area contributed by atoms with Crippen LogP contribution in [0.1, 0.15) is 22.2 Å². The van der Waals surface area contributed by atoms with Gasteiger partial charge in [0.15, 0.2) is 12.1 Å². The molecule has 0 saturated carbocycles. The summed E-state index contributed by atoms with van der Waals surface area (Å²) in [7, 11) is 0. The Labute approximate surface area is 85.2 Å². The third kappa shape index (κ3) is 1.34. The monoisotopic (exact) mass is 208 g/mol. The van der Waals surface area contributed by atoms with E-state index in [0.29, 0.717) is 11.0 Å². The molecule has 0 N–H and O–H groups in total. The first-order valence-electron chi connectivity index (χ1n) is 4.42. The molecule has 1 aromatic heterocycles. The minimum absolute atomic E-state index is 0.141. The topological polar surface area (TPSA) is 17.1 Å². The van der Waals surface area contributed by atoms with Crippen molar-refractivity contribution in [1.29, 1.82) is 0 Å². The number of hydrogen-bond acceptors (Lipinski definition) is 2. The molecular formula is C11H9FOS. The molecule has 1 aromatic carbocycles. The van der Waals surface area contributed by atoms with Crippen LogP contribution in [-0.2, 0) is 6.42 Å². The quantitative estimate of drug-likeness (QED) is 0.691. The van der Waals surface area contributed by atoms with Crippen molar-refractivity contribution in [3.63, 3.8) is 0 Å². The van der Waals surface area contributed by atoms with Crippen molar-refractivity contribution in [1.82, 2.24) is 0 Å². The summed E-state index contributed by atoms with van der Waals surface area (Å²) in [4.78, 5) is 11.7. The first-order chi connectivity index (χ1) is 6.76. The molecule has 0 aliphatic carbocycles. The fourth-order valence-electron chi connectivity index (χ4n) is 1.40. The highest BCUT2D eigenvalue weighted by Gasteiger charge is 2.09. The maximum atomic E-state index is 13.6. The van der Waals surface area contributed by atoms with Crippen LogP contribution in [0.2, 0.25) is 0 Å². The highest BCUT2D eigenvalue weighted by Crippen LogP contribution is 2.29. The number of aryl methyl sites for hydroxylation is 1. The molecule has 1 nitrogen and oxygen atoms in total. The Kier molecular flexibility index (Phi) is 2.33. The fraction of sp³-hybridized carbons (Fsp3) is 0.182. The third-order valence-electron chi connectivity index (χ3n) is 2.18. The van der Waals surface area contributed by atoms with Crippen LogP contribution in [0, 0.1) is 5.82 Å². The predicted molar refractivity (Wildman–Crippen MR) is 56.5 cm³/mol. The van der Waals surface area contributed by atoms with Gasteiger partial charge >= 0.3 is 0 Å². The molecule has 0 atom stereocenters. The molecule has 0 radical (unpaired) electrons. The third-order valence-corrected chi connectivity index (χ3v) is 3.47. The van der Waals surface area contributed by atoms with Crippen LogP contribution in [0.3, 0.4) is 0 Å². The summed E-state index contributed by atoms with van der Waals surface area (Å²) in [5, 5.41) is 0.884. The van der Waals surface area contributed by atoms with E-state index in [9.17, 15) is 9.18 Å². The molecule has 72 valence electrons. The molecule has 14 heavy (non-hydrogen) atoms. The standard InChI is InChI=1S/C11H9FOS/c1-2-9-5-7-3-4-8(6-13)10(12)11(7)14-9/h3-6H,2H2,1H3. The van der Waals surface area contributed by atoms with Gasteiger partial charge < -0.3 is 0 Å². The van der Waals surface area contributed by atoms with E-state index in [4.69, 9.17) is 0 Å². The van der Waals surface area contributed by atoms with Gasteiger partial charge in [0.25, 0.3) is 0 Å². The van der Waals surface area contributed by atoms with Gasteiger partial charge in [-0.05, 0) is 23.9 Å². The minimum Gasteiger partial charge on any atom is -0.298 e. The van der Waals surface area contributed by atoms with Gasteiger partial charge in [-0.15, -0.1) is 11.3 Å². The first kappa shape index (κ1) is 9.34. The molecule has 0 aliphatic rings. The highest BCUT2D eigenvalue weighted by molar-refractivity contribution is 7.19. The Hall–Kier alpha value is -1.22. The minimum atomic E-state index is -0.387. The molecule has 0 saturated heterocycles. The molecular weight excluding hydrogens is 199 g/mol. The highest BCUT2D eigenvalue weighted by atomic mass is 32.1. The van der Waals surface area contributed by atoms with E-state index in [2.05, 4.69) is 0 Å². The zero-order valence-corrected chi connectivity index (χ0v) is 8.53. The summed E-state index contributed by atoms with van der Waals surface area (Å²) in [5.74, 6) is -0.387. The van der Waals surface area contributed by atoms with Crippen molar-refractivity contribution in [2.45, 2.75) is 13.3 Å². The molecule has 2 aromatic rings. The molecule has 0 aliphatic heterocycles. The average molecular weight is 208 g/mol. The number of thiophene rings is 1. The Morgan fingerprint density at radius 1 is 1.50 bits per heavy atom. The lowest BCUT2D eigenvalue weighted by atomic mass is 10.2. The summed E-state index contributed by atoms with van der Waals surface area (Å²) in [6, 6.07) is 5.28. The van der Waals surface area contributed by atoms with Gasteiger partial charge in [0, 0.05) is 4.88 Å². The van der Waals surface area contributed by atoms with Crippen LogP contribution in [-0.4, -0.2) is 6.29 Å². The van der Waals surface area contributed by atoms with E-state index in [1.54, 1.807) is 6.07 Å². The maximum absolute atomic E-state index is 13.6. The number of aldehydes is 1. The molecule has 0 unspecified atom stereocenters. The van der Waals surface area contributed by atoms with Gasteiger partial charge in [-0.3, -0.25) is 4.79 Å². The second-order valence-corrected chi connectivity index (χ2v) is 4.21. The molecule has 0 bridgehead atoms. The Bertz CT molecular complexity index is 487. The van der Waals surface area contributed by atoms with Gasteiger partial charge in [-0.2, -0.15) is 0 Å². The van der Waals surface area contributed by atoms with Gasteiger partial charge in [0.05, 0.1) is 10.3 Å². The number of halogens is 1. The number of hydrogen-bond donors (Lipinski definition) is 0. The smallest absolute Gasteiger partial charge is 0.153 e. The second kappa shape index (κ2) is 3.50. The zero-order valence-electron chi connectivity index (χ0n) is 7.71. The number of benzene rings is 1. The fourth-order valence-corrected chi connectivity index (χ4v) is 2.45. The molecule has 3 heteroatoms. The molecule has 0 spiro atoms. The lowest BCUT2D eigenvalue weighted by Crippen LogP contribution is -1.85. The summed E-state index contributed by atoms with van der Waals surface area (Å²) in [6.07, 6.45) is 1.45. The average Bonchev–Trinajstić information content (AvgIpc) is 2.62. The van der Waals surface area contributed by atoms with E-state index in [1.807, 2.05) is 13.0 Å². The zero-order chi connectivity index (χ0) is 10.1. The molecule has 2 rings (SSSR count). The van der Waals surface area contributed by atoms with Crippen LogP contribution >= 0.6 is 11.3 Å². The van der Waals surface area contributed by atoms with E-state index >= 15 is 0 Å². The number of carbonyl (C=O) groups excluding carboxylic acids is 1. The normalized spacial score (nSPS) is 10.7. The van der Waals surface area contributed by atoms with Gasteiger partial charge in [0.2, 0.25) is 0 Å². The van der Waals surface area contributed by atoms with E-state index in [1.165, 1.54) is 17.4 Å². The Balaban J connectivity index is 2.74. The Morgan fingerprint density at radius 2 is 2.29 bits per heavy atom. The number of carbonyl (C=O) groups is 1. The van der Waals surface area contributed by atoms with Crippen LogP contribution in [0.15, 0.2) is 18.2 Å². The summed E-state index contributed by atoms with van der Waals surface area (Å²) in [6.45, 7) is 2.03. The van der Waals surface area contributed by atoms with E-state index in [0.717, 1.165) is 16.7 Å². The van der Waals surface area contributed by atoms with Crippen LogP contribution in [0.5, 0.6) is 0 Å². The van der Waals surface area contributed by atoms with E-state index in [-0.39, 0.29) is 11.4 Å². The summed E-state index contributed by atoms with van der Waals surface area (Å²) < 4.78 is 14.2. The van der Waals surface area contributed by atoms with Gasteiger partial charge in [-0.1, -0.05) is 13.0 Å². The second-order valence-electron chi connectivity index (χ2n) is 3.07. The first-order valence-corrected chi connectivity index (χ1v) is 5.24. The summed E-state index contributed by atoms with van der Waals surface area (Å²) >= 11 is 1.42. The lowest BCUT2D eigenvalue weighted by Gasteiger charge is -1.94. The lowest BCUT2D eigenvalue weighted by molar-refractivity contribution is 0.112. The van der Waals surface area contributed by atoms with Crippen molar-refractivity contribution in [2.75, 3.05) is 0 Å². The molecule has 0 fully saturated rings. The van der Waals surface area contributed by atoms with Crippen molar-refractivity contribution < 1.29 is 9.18 Å².